The number of nitrogens with zero attached hydrogens (tertiary/aromatic N) is 1. The quantitative estimate of drug-likeness (QED) is 0.882. The van der Waals surface area contributed by atoms with Crippen molar-refractivity contribution in [1.82, 2.24) is 10.2 Å². The van der Waals surface area contributed by atoms with E-state index in [2.05, 4.69) is 5.32 Å². The summed E-state index contributed by atoms with van der Waals surface area (Å²) in [6.45, 7) is 2.51. The summed E-state index contributed by atoms with van der Waals surface area (Å²) >= 11 is 1.57. The molecule has 2 N–H and O–H groups in total. The Hall–Kier alpha value is -1.56. The van der Waals surface area contributed by atoms with Gasteiger partial charge in [-0.05, 0) is 43.2 Å². The molecule has 0 aromatic carbocycles. The molecular weight excluding hydrogens is 288 g/mol. The number of thiophene rings is 1. The number of carbonyl (C=O) groups excluding carboxylic acids is 1. The SMILES string of the molecule is CC1(NC(=O)N2CCc3sccc3C2C(=O)O)CCCC1. The Labute approximate surface area is 128 Å². The average molecular weight is 308 g/mol. The van der Waals surface area contributed by atoms with Gasteiger partial charge in [0.25, 0.3) is 0 Å². The Balaban J connectivity index is 1.81. The highest BCUT2D eigenvalue weighted by Gasteiger charge is 2.39. The van der Waals surface area contributed by atoms with Gasteiger partial charge in [0.05, 0.1) is 0 Å². The van der Waals surface area contributed by atoms with E-state index in [1.807, 2.05) is 18.4 Å². The van der Waals surface area contributed by atoms with E-state index in [4.69, 9.17) is 0 Å². The molecule has 1 aliphatic carbocycles. The molecule has 0 bridgehead atoms. The van der Waals surface area contributed by atoms with Crippen molar-refractivity contribution in [3.05, 3.63) is 21.9 Å². The van der Waals surface area contributed by atoms with Gasteiger partial charge in [0.15, 0.2) is 6.04 Å². The number of fused-ring (bicyclic) bond motifs is 1. The summed E-state index contributed by atoms with van der Waals surface area (Å²) in [6.07, 6.45) is 4.91. The second-order valence-electron chi connectivity index (χ2n) is 6.18. The Morgan fingerprint density at radius 2 is 2.14 bits per heavy atom. The second-order valence-corrected chi connectivity index (χ2v) is 7.18. The number of carboxylic acid groups (broad SMARTS) is 1. The van der Waals surface area contributed by atoms with Crippen LogP contribution in [0.5, 0.6) is 0 Å². The fraction of sp³-hybridized carbons (Fsp3) is 0.600. The number of aliphatic carboxylic acids is 1. The number of carbonyl (C=O) groups is 2. The van der Waals surface area contributed by atoms with Gasteiger partial charge in [0.1, 0.15) is 0 Å². The van der Waals surface area contributed by atoms with Crippen molar-refractivity contribution in [1.29, 1.82) is 0 Å². The van der Waals surface area contributed by atoms with E-state index >= 15 is 0 Å². The third-order valence-corrected chi connectivity index (χ3v) is 5.57. The summed E-state index contributed by atoms with van der Waals surface area (Å²) in [6, 6.07) is 0.726. The largest absolute Gasteiger partial charge is 0.479 e. The molecule has 2 amide bonds. The third-order valence-electron chi connectivity index (χ3n) is 4.58. The molecule has 114 valence electrons. The van der Waals surface area contributed by atoms with Crippen LogP contribution in [-0.4, -0.2) is 34.1 Å². The average Bonchev–Trinajstić information content (AvgIpc) is 3.05. The minimum Gasteiger partial charge on any atom is -0.479 e. The van der Waals surface area contributed by atoms with E-state index in [0.29, 0.717) is 6.54 Å². The number of amides is 2. The number of hydrogen-bond donors (Lipinski definition) is 2. The van der Waals surface area contributed by atoms with Crippen LogP contribution in [0.3, 0.4) is 0 Å². The first-order chi connectivity index (χ1) is 10.0. The van der Waals surface area contributed by atoms with E-state index in [1.165, 1.54) is 4.90 Å². The van der Waals surface area contributed by atoms with Crippen molar-refractivity contribution in [2.24, 2.45) is 0 Å². The molecule has 1 unspecified atom stereocenters. The lowest BCUT2D eigenvalue weighted by Gasteiger charge is -2.36. The van der Waals surface area contributed by atoms with Crippen LogP contribution in [0.25, 0.3) is 0 Å². The first kappa shape index (κ1) is 14.4. The van der Waals surface area contributed by atoms with Gasteiger partial charge in [-0.25, -0.2) is 9.59 Å². The number of hydrogen-bond acceptors (Lipinski definition) is 3. The smallest absolute Gasteiger partial charge is 0.331 e. The van der Waals surface area contributed by atoms with Crippen molar-refractivity contribution in [2.45, 2.75) is 50.6 Å². The normalized spacial score (nSPS) is 23.7. The molecule has 0 saturated heterocycles. The standard InChI is InChI=1S/C15H20N2O3S/c1-15(6-2-3-7-15)16-14(20)17-8-4-11-10(5-9-21-11)12(17)13(18)19/h5,9,12H,2-4,6-8H2,1H3,(H,16,20)(H,18,19). The lowest BCUT2D eigenvalue weighted by molar-refractivity contribution is -0.142. The van der Waals surface area contributed by atoms with Gasteiger partial charge in [-0.1, -0.05) is 12.8 Å². The van der Waals surface area contributed by atoms with Crippen molar-refractivity contribution < 1.29 is 14.7 Å². The number of rotatable bonds is 2. The molecule has 1 fully saturated rings. The minimum absolute atomic E-state index is 0.185. The van der Waals surface area contributed by atoms with Crippen molar-refractivity contribution in [2.75, 3.05) is 6.54 Å². The molecule has 1 aromatic rings. The van der Waals surface area contributed by atoms with Crippen molar-refractivity contribution in [3.63, 3.8) is 0 Å². The maximum atomic E-state index is 12.6. The molecule has 1 atom stereocenters. The fourth-order valence-electron chi connectivity index (χ4n) is 3.41. The molecule has 6 heteroatoms. The molecule has 2 aliphatic rings. The zero-order valence-electron chi connectivity index (χ0n) is 12.1. The monoisotopic (exact) mass is 308 g/mol. The molecule has 1 saturated carbocycles. The Morgan fingerprint density at radius 3 is 2.81 bits per heavy atom. The van der Waals surface area contributed by atoms with E-state index in [-0.39, 0.29) is 11.6 Å². The molecule has 1 aromatic heterocycles. The van der Waals surface area contributed by atoms with Crippen LogP contribution in [-0.2, 0) is 11.2 Å². The molecule has 0 spiro atoms. The van der Waals surface area contributed by atoms with Gasteiger partial charge in [0, 0.05) is 17.0 Å². The molecule has 3 rings (SSSR count). The predicted molar refractivity (Wildman–Crippen MR) is 80.5 cm³/mol. The maximum Gasteiger partial charge on any atom is 0.331 e. The molecule has 21 heavy (non-hydrogen) atoms. The van der Waals surface area contributed by atoms with Crippen LogP contribution >= 0.6 is 11.3 Å². The van der Waals surface area contributed by atoms with Gasteiger partial charge in [-0.2, -0.15) is 0 Å². The molecule has 1 aliphatic heterocycles. The first-order valence-electron chi connectivity index (χ1n) is 7.38. The van der Waals surface area contributed by atoms with Crippen LogP contribution in [0.4, 0.5) is 4.79 Å². The summed E-state index contributed by atoms with van der Waals surface area (Å²) in [7, 11) is 0. The van der Waals surface area contributed by atoms with Crippen LogP contribution in [0.1, 0.15) is 49.1 Å². The van der Waals surface area contributed by atoms with E-state index in [9.17, 15) is 14.7 Å². The maximum absolute atomic E-state index is 12.6. The van der Waals surface area contributed by atoms with Gasteiger partial charge in [-0.15, -0.1) is 11.3 Å². The zero-order chi connectivity index (χ0) is 15.0. The van der Waals surface area contributed by atoms with Gasteiger partial charge in [-0.3, -0.25) is 0 Å². The van der Waals surface area contributed by atoms with E-state index < -0.39 is 12.0 Å². The van der Waals surface area contributed by atoms with Gasteiger partial charge < -0.3 is 15.3 Å². The highest BCUT2D eigenvalue weighted by molar-refractivity contribution is 7.10. The molecule has 5 nitrogen and oxygen atoms in total. The van der Waals surface area contributed by atoms with Crippen molar-refractivity contribution in [3.8, 4) is 0 Å². The predicted octanol–water partition coefficient (Wildman–Crippen LogP) is 2.77. The lowest BCUT2D eigenvalue weighted by atomic mass is 9.99. The highest BCUT2D eigenvalue weighted by atomic mass is 32.1. The molecular formula is C15H20N2O3S. The third kappa shape index (κ3) is 2.64. The van der Waals surface area contributed by atoms with Gasteiger partial charge in [0.2, 0.25) is 0 Å². The van der Waals surface area contributed by atoms with Crippen LogP contribution in [0.15, 0.2) is 11.4 Å². The van der Waals surface area contributed by atoms with Crippen LogP contribution in [0, 0.1) is 0 Å². The zero-order valence-corrected chi connectivity index (χ0v) is 12.9. The second kappa shape index (κ2) is 5.33. The number of urea groups is 1. The topological polar surface area (TPSA) is 69.6 Å². The lowest BCUT2D eigenvalue weighted by Crippen LogP contribution is -2.53. The Morgan fingerprint density at radius 1 is 1.43 bits per heavy atom. The minimum atomic E-state index is -0.957. The highest BCUT2D eigenvalue weighted by Crippen LogP contribution is 2.35. The Bertz CT molecular complexity index is 563. The molecule has 0 radical (unpaired) electrons. The van der Waals surface area contributed by atoms with Crippen LogP contribution < -0.4 is 5.32 Å². The fourth-order valence-corrected chi connectivity index (χ4v) is 4.32. The number of nitrogens with one attached hydrogen (secondary N) is 1. The van der Waals surface area contributed by atoms with E-state index in [1.54, 1.807) is 11.3 Å². The van der Waals surface area contributed by atoms with E-state index in [0.717, 1.165) is 42.5 Å². The number of carboxylic acids is 1. The summed E-state index contributed by atoms with van der Waals surface area (Å²) in [5.41, 5.74) is 0.584. The first-order valence-corrected chi connectivity index (χ1v) is 8.26. The summed E-state index contributed by atoms with van der Waals surface area (Å²) in [4.78, 5) is 26.7. The summed E-state index contributed by atoms with van der Waals surface area (Å²) in [5, 5.41) is 14.5. The van der Waals surface area contributed by atoms with Gasteiger partial charge >= 0.3 is 12.0 Å². The summed E-state index contributed by atoms with van der Waals surface area (Å²) < 4.78 is 0. The Kier molecular flexibility index (Phi) is 3.65. The van der Waals surface area contributed by atoms with Crippen LogP contribution in [0.2, 0.25) is 0 Å². The summed E-state index contributed by atoms with van der Waals surface area (Å²) in [5.74, 6) is -0.957. The van der Waals surface area contributed by atoms with Crippen molar-refractivity contribution >= 4 is 23.3 Å². The molecule has 2 heterocycles.